The van der Waals surface area contributed by atoms with Gasteiger partial charge in [0.25, 0.3) is 0 Å². The zero-order valence-electron chi connectivity index (χ0n) is 9.69. The van der Waals surface area contributed by atoms with E-state index >= 15 is 0 Å². The Morgan fingerprint density at radius 2 is 1.32 bits per heavy atom. The van der Waals surface area contributed by atoms with Crippen molar-refractivity contribution in [1.29, 1.82) is 0 Å². The summed E-state index contributed by atoms with van der Waals surface area (Å²) >= 11 is -4.44. The van der Waals surface area contributed by atoms with Gasteiger partial charge < -0.3 is 0 Å². The normalized spacial score (nSPS) is 12.8. The first kappa shape index (κ1) is 17.8. The van der Waals surface area contributed by atoms with Crippen LogP contribution in [0.3, 0.4) is 0 Å². The predicted molar refractivity (Wildman–Crippen MR) is 88.5 cm³/mol. The smallest absolute Gasteiger partial charge is 0.0447 e. The van der Waals surface area contributed by atoms with Crippen molar-refractivity contribution in [3.63, 3.8) is 0 Å². The predicted octanol–water partition coefficient (Wildman–Crippen LogP) is 5.74. The molecular formula is C12H11BiCl5N. The molecule has 0 N–H and O–H groups in total. The molecule has 0 aliphatic rings. The zero-order chi connectivity index (χ0) is 14.4. The van der Waals surface area contributed by atoms with Crippen molar-refractivity contribution in [3.05, 3.63) is 66.0 Å². The quantitative estimate of drug-likeness (QED) is 0.431. The summed E-state index contributed by atoms with van der Waals surface area (Å²) in [5, 5.41) is 0. The summed E-state index contributed by atoms with van der Waals surface area (Å²) in [6.45, 7) is 0. The van der Waals surface area contributed by atoms with Gasteiger partial charge in [-0.1, -0.05) is 36.4 Å². The molecule has 0 atom stereocenters. The van der Waals surface area contributed by atoms with Crippen molar-refractivity contribution in [2.45, 2.75) is 6.42 Å². The van der Waals surface area contributed by atoms with E-state index in [0.717, 1.165) is 12.1 Å². The maximum atomic E-state index is 5.06. The van der Waals surface area contributed by atoms with Crippen molar-refractivity contribution in [3.8, 4) is 0 Å². The zero-order valence-corrected chi connectivity index (χ0v) is 16.9. The molecule has 1 nitrogen and oxygen atoms in total. The molecule has 0 saturated carbocycles. The van der Waals surface area contributed by atoms with Crippen LogP contribution in [-0.4, -0.2) is 17.8 Å². The molecule has 1 aromatic heterocycles. The van der Waals surface area contributed by atoms with Crippen LogP contribution in [0.1, 0.15) is 11.3 Å². The first-order valence-electron chi connectivity index (χ1n) is 5.23. The Balaban J connectivity index is 0.000000258. The largest absolute Gasteiger partial charge is 0.261 e. The van der Waals surface area contributed by atoms with E-state index in [1.807, 2.05) is 30.5 Å². The molecule has 0 unspecified atom stereocenters. The molecule has 2 aromatic rings. The number of hydrogen-bond donors (Lipinski definition) is 0. The van der Waals surface area contributed by atoms with Gasteiger partial charge in [-0.15, -0.1) is 0 Å². The van der Waals surface area contributed by atoms with Crippen molar-refractivity contribution >= 4 is 55.4 Å². The standard InChI is InChI=1S/C12H11N.Bi.5ClH/c1-2-6-11(7-3-1)10-12-8-4-5-9-13-12;;;;;;/h1-9H,10H2;;5*1H/q;+5;;;;;/p-5. The Labute approximate surface area is 131 Å². The van der Waals surface area contributed by atoms with Gasteiger partial charge in [-0.3, -0.25) is 4.98 Å². The Bertz CT molecular complexity index is 441. The minimum atomic E-state index is -4.44. The number of hydrogen-bond acceptors (Lipinski definition) is 1. The Kier molecular flexibility index (Phi) is 7.14. The summed E-state index contributed by atoms with van der Waals surface area (Å²) < 4.78 is 0. The SMILES string of the molecule is [Cl][Bi]([Cl])([Cl])([Cl])[Cl].c1ccc(Cc2ccccn2)cc1. The van der Waals surface area contributed by atoms with E-state index in [-0.39, 0.29) is 0 Å². The van der Waals surface area contributed by atoms with Crippen molar-refractivity contribution in [2.75, 3.05) is 0 Å². The molecule has 0 spiro atoms. The molecule has 2 rings (SSSR count). The van der Waals surface area contributed by atoms with Gasteiger partial charge in [-0.25, -0.2) is 0 Å². The Morgan fingerprint density at radius 3 is 1.79 bits per heavy atom. The Hall–Kier alpha value is 0.703. The van der Waals surface area contributed by atoms with Gasteiger partial charge in [0.05, 0.1) is 0 Å². The van der Waals surface area contributed by atoms with Gasteiger partial charge in [-0.2, -0.15) is 0 Å². The number of nitrogens with zero attached hydrogens (tertiary/aromatic N) is 1. The van der Waals surface area contributed by atoms with Crippen LogP contribution in [0.5, 0.6) is 0 Å². The molecule has 1 heterocycles. The summed E-state index contributed by atoms with van der Waals surface area (Å²) in [4.78, 5) is 4.27. The van der Waals surface area contributed by atoms with Crippen LogP contribution in [0.2, 0.25) is 0 Å². The minimum absolute atomic E-state index is 0.918. The molecule has 0 bridgehead atoms. The van der Waals surface area contributed by atoms with E-state index in [1.165, 1.54) is 5.56 Å². The first-order valence-corrected chi connectivity index (χ1v) is 26.6. The van der Waals surface area contributed by atoms with Gasteiger partial charge in [0.2, 0.25) is 0 Å². The van der Waals surface area contributed by atoms with E-state index in [2.05, 4.69) is 29.2 Å². The fraction of sp³-hybridized carbons (Fsp3) is 0.0833. The average molecular weight is 555 g/mol. The van der Waals surface area contributed by atoms with E-state index < -0.39 is 12.8 Å². The van der Waals surface area contributed by atoms with Gasteiger partial charge in [-0.05, 0) is 17.7 Å². The van der Waals surface area contributed by atoms with Crippen LogP contribution in [0.4, 0.5) is 0 Å². The van der Waals surface area contributed by atoms with Crippen LogP contribution in [0, 0.1) is 0 Å². The number of halogens is 5. The van der Waals surface area contributed by atoms with Crippen molar-refractivity contribution < 1.29 is 0 Å². The molecule has 0 aliphatic carbocycles. The molecule has 19 heavy (non-hydrogen) atoms. The van der Waals surface area contributed by atoms with E-state index in [4.69, 9.17) is 42.6 Å². The summed E-state index contributed by atoms with van der Waals surface area (Å²) in [6.07, 6.45) is 2.75. The number of benzene rings is 1. The number of pyridine rings is 1. The molecule has 0 amide bonds. The van der Waals surface area contributed by atoms with Crippen LogP contribution in [0.25, 0.3) is 0 Å². The maximum Gasteiger partial charge on any atom is 0.0447 e. The van der Waals surface area contributed by atoms with Crippen molar-refractivity contribution in [1.82, 2.24) is 4.98 Å². The summed E-state index contributed by atoms with van der Waals surface area (Å²) in [5.74, 6) is 0. The summed E-state index contributed by atoms with van der Waals surface area (Å²) in [7, 11) is 25.3. The second-order valence-electron chi connectivity index (χ2n) is 3.62. The van der Waals surface area contributed by atoms with Crippen LogP contribution < -0.4 is 0 Å². The van der Waals surface area contributed by atoms with Crippen LogP contribution in [0.15, 0.2) is 54.7 Å². The van der Waals surface area contributed by atoms with Crippen LogP contribution in [-0.2, 0) is 6.42 Å². The van der Waals surface area contributed by atoms with Gasteiger partial charge in [0.15, 0.2) is 0 Å². The Morgan fingerprint density at radius 1 is 0.789 bits per heavy atom. The van der Waals surface area contributed by atoms with Crippen LogP contribution >= 0.6 is 42.6 Å². The molecular weight excluding hydrogens is 544 g/mol. The topological polar surface area (TPSA) is 12.9 Å². The second kappa shape index (κ2) is 7.64. The second-order valence-corrected chi connectivity index (χ2v) is 53.4. The maximum absolute atomic E-state index is 5.06. The molecule has 1 aromatic carbocycles. The van der Waals surface area contributed by atoms with E-state index in [1.54, 1.807) is 0 Å². The summed E-state index contributed by atoms with van der Waals surface area (Å²) in [6, 6.07) is 16.4. The van der Waals surface area contributed by atoms with Gasteiger partial charge in [0.1, 0.15) is 0 Å². The monoisotopic (exact) mass is 553 g/mol. The third-order valence-corrected chi connectivity index (χ3v) is 1.95. The van der Waals surface area contributed by atoms with Gasteiger partial charge >= 0.3 is 55.4 Å². The minimum Gasteiger partial charge on any atom is -0.261 e. The molecule has 0 aliphatic heterocycles. The number of aromatic nitrogens is 1. The van der Waals surface area contributed by atoms with E-state index in [9.17, 15) is 0 Å². The van der Waals surface area contributed by atoms with Gasteiger partial charge in [0, 0.05) is 18.3 Å². The molecule has 7 heteroatoms. The van der Waals surface area contributed by atoms with E-state index in [0.29, 0.717) is 0 Å². The van der Waals surface area contributed by atoms with Crippen molar-refractivity contribution in [2.24, 2.45) is 0 Å². The first-order chi connectivity index (χ1) is 8.69. The fourth-order valence-electron chi connectivity index (χ4n) is 1.31. The molecule has 104 valence electrons. The molecule has 0 fully saturated rings. The molecule has 0 saturated heterocycles. The molecule has 0 radical (unpaired) electrons. The summed E-state index contributed by atoms with van der Waals surface area (Å²) in [5.41, 5.74) is 2.43. The third kappa shape index (κ3) is 12.2. The number of rotatable bonds is 2. The average Bonchev–Trinajstić information content (AvgIpc) is 2.28. The fourth-order valence-corrected chi connectivity index (χ4v) is 1.31. The third-order valence-electron chi connectivity index (χ3n) is 1.95.